The highest BCUT2D eigenvalue weighted by molar-refractivity contribution is 6.31. The Morgan fingerprint density at radius 2 is 2.12 bits per heavy atom. The number of carbonyl (C=O) groups excluding carboxylic acids is 1. The average molecular weight is 476 g/mol. The first kappa shape index (κ1) is 23.3. The van der Waals surface area contributed by atoms with Gasteiger partial charge in [-0.1, -0.05) is 18.5 Å². The largest absolute Gasteiger partial charge is 0.490 e. The fourth-order valence-corrected chi connectivity index (χ4v) is 4.22. The van der Waals surface area contributed by atoms with Gasteiger partial charge in [-0.05, 0) is 39.7 Å². The number of benzene rings is 1. The van der Waals surface area contributed by atoms with E-state index in [1.807, 2.05) is 18.2 Å². The highest BCUT2D eigenvalue weighted by Gasteiger charge is 2.44. The van der Waals surface area contributed by atoms with Crippen LogP contribution in [0.5, 0.6) is 5.75 Å². The number of nitrogens with two attached hydrogens (primary N) is 1. The Bertz CT molecular complexity index is 1240. The Hall–Kier alpha value is -2.91. The van der Waals surface area contributed by atoms with Crippen LogP contribution in [0.2, 0.25) is 5.02 Å². The van der Waals surface area contributed by atoms with Crippen LogP contribution >= 0.6 is 11.6 Å². The van der Waals surface area contributed by atoms with Gasteiger partial charge in [0, 0.05) is 23.9 Å². The van der Waals surface area contributed by atoms with Crippen molar-refractivity contribution in [3.05, 3.63) is 51.9 Å². The monoisotopic (exact) mass is 475 g/mol. The molecule has 0 unspecified atom stereocenters. The summed E-state index contributed by atoms with van der Waals surface area (Å²) < 4.78 is 23.1. The lowest BCUT2D eigenvalue weighted by molar-refractivity contribution is 0.0896. The number of amides is 1. The van der Waals surface area contributed by atoms with Gasteiger partial charge in [0.2, 0.25) is 0 Å². The maximum Gasteiger partial charge on any atom is 0.258 e. The summed E-state index contributed by atoms with van der Waals surface area (Å²) in [4.78, 5) is 22.0. The second kappa shape index (κ2) is 8.46. The van der Waals surface area contributed by atoms with Crippen LogP contribution < -0.4 is 15.8 Å². The minimum atomic E-state index is -0.868. The van der Waals surface area contributed by atoms with Crippen LogP contribution in [-0.2, 0) is 0 Å². The number of halogens is 2. The molecule has 10 heteroatoms. The van der Waals surface area contributed by atoms with Crippen LogP contribution in [0.4, 0.5) is 10.2 Å². The number of carbonyl (C=O) groups is 1. The zero-order valence-corrected chi connectivity index (χ0v) is 19.7. The van der Waals surface area contributed by atoms with Gasteiger partial charge in [-0.25, -0.2) is 14.4 Å². The predicted octanol–water partition coefficient (Wildman–Crippen LogP) is 3.61. The third-order valence-electron chi connectivity index (χ3n) is 5.95. The van der Waals surface area contributed by atoms with Crippen LogP contribution in [-0.4, -0.2) is 43.6 Å². The van der Waals surface area contributed by atoms with Crippen molar-refractivity contribution in [3.8, 4) is 5.75 Å². The number of nitrogen functional groups attached to an aromatic ring is 1. The number of ether oxygens (including phenoxy) is 1. The quantitative estimate of drug-likeness (QED) is 0.481. The van der Waals surface area contributed by atoms with Gasteiger partial charge >= 0.3 is 0 Å². The highest BCUT2D eigenvalue weighted by atomic mass is 35.5. The molecule has 2 heterocycles. The number of aryl methyl sites for hydroxylation is 1. The highest BCUT2D eigenvalue weighted by Crippen LogP contribution is 2.41. The van der Waals surface area contributed by atoms with E-state index in [2.05, 4.69) is 15.3 Å². The Labute approximate surface area is 195 Å². The van der Waals surface area contributed by atoms with E-state index in [0.717, 1.165) is 0 Å². The molecule has 3 aromatic rings. The number of nitrogens with one attached hydrogen (secondary N) is 1. The molecule has 4 N–H and O–H groups in total. The van der Waals surface area contributed by atoms with E-state index >= 15 is 4.39 Å². The van der Waals surface area contributed by atoms with Crippen LogP contribution in [0.3, 0.4) is 0 Å². The van der Waals surface area contributed by atoms with Crippen LogP contribution in [0.25, 0.3) is 5.52 Å². The van der Waals surface area contributed by atoms with Crippen molar-refractivity contribution in [1.82, 2.24) is 19.7 Å². The second-order valence-corrected chi connectivity index (χ2v) is 9.24. The number of hydrogen-bond acceptors (Lipinski definition) is 6. The van der Waals surface area contributed by atoms with Crippen molar-refractivity contribution >= 4 is 28.8 Å². The molecule has 1 amide bonds. The molecule has 0 saturated heterocycles. The van der Waals surface area contributed by atoms with E-state index in [9.17, 15) is 9.90 Å². The Balaban J connectivity index is 1.89. The first-order valence-electron chi connectivity index (χ1n) is 10.8. The first-order chi connectivity index (χ1) is 15.6. The van der Waals surface area contributed by atoms with E-state index in [1.54, 1.807) is 26.2 Å². The topological polar surface area (TPSA) is 115 Å². The van der Waals surface area contributed by atoms with Gasteiger partial charge in [-0.2, -0.15) is 0 Å². The molecule has 1 aromatic carbocycles. The number of anilines is 1. The van der Waals surface area contributed by atoms with Gasteiger partial charge in [0.25, 0.3) is 5.91 Å². The lowest BCUT2D eigenvalue weighted by Gasteiger charge is -2.23. The number of rotatable bonds is 7. The Morgan fingerprint density at radius 3 is 2.73 bits per heavy atom. The van der Waals surface area contributed by atoms with Crippen molar-refractivity contribution in [3.63, 3.8) is 0 Å². The standard InChI is InChI=1S/C23H27ClFN5O3/c1-11(2)33-19-14(12(3)21-28-13(4)18-20(26)27-7-8-30(18)21)9-15(24)17(25)16(19)22(32)29-23(10-31)5-6-23/h7-9,11-12,31H,5-6,10H2,1-4H3,(H2,26,27)(H,29,32)/t12-/m1/s1. The summed E-state index contributed by atoms with van der Waals surface area (Å²) in [5, 5.41) is 12.2. The number of aliphatic hydroxyl groups excluding tert-OH is 1. The lowest BCUT2D eigenvalue weighted by Crippen LogP contribution is -2.40. The van der Waals surface area contributed by atoms with E-state index in [-0.39, 0.29) is 29.0 Å². The molecule has 1 fully saturated rings. The van der Waals surface area contributed by atoms with Crippen LogP contribution in [0, 0.1) is 12.7 Å². The molecule has 2 aromatic heterocycles. The first-order valence-corrected chi connectivity index (χ1v) is 11.2. The third-order valence-corrected chi connectivity index (χ3v) is 6.23. The molecule has 0 aliphatic heterocycles. The Kier molecular flexibility index (Phi) is 5.96. The molecule has 1 saturated carbocycles. The molecule has 0 bridgehead atoms. The van der Waals surface area contributed by atoms with Gasteiger partial charge in [0.15, 0.2) is 5.82 Å². The number of hydrogen-bond donors (Lipinski definition) is 3. The van der Waals surface area contributed by atoms with Crippen molar-refractivity contribution in [2.45, 2.75) is 58.1 Å². The smallest absolute Gasteiger partial charge is 0.258 e. The number of fused-ring (bicyclic) bond motifs is 1. The van der Waals surface area contributed by atoms with E-state index < -0.39 is 23.2 Å². The summed E-state index contributed by atoms with van der Waals surface area (Å²) in [7, 11) is 0. The molecule has 0 radical (unpaired) electrons. The summed E-state index contributed by atoms with van der Waals surface area (Å²) in [6.45, 7) is 7.06. The van der Waals surface area contributed by atoms with E-state index in [1.165, 1.54) is 6.07 Å². The Morgan fingerprint density at radius 1 is 1.42 bits per heavy atom. The lowest BCUT2D eigenvalue weighted by atomic mass is 9.95. The van der Waals surface area contributed by atoms with Crippen molar-refractivity contribution in [2.75, 3.05) is 12.3 Å². The number of aromatic nitrogens is 3. The molecule has 0 spiro atoms. The minimum absolute atomic E-state index is 0.0991. The van der Waals surface area contributed by atoms with Gasteiger partial charge in [-0.3, -0.25) is 9.20 Å². The van der Waals surface area contributed by atoms with Crippen molar-refractivity contribution in [2.24, 2.45) is 0 Å². The van der Waals surface area contributed by atoms with Crippen LogP contribution in [0.1, 0.15) is 67.0 Å². The van der Waals surface area contributed by atoms with Gasteiger partial charge in [0.1, 0.15) is 28.5 Å². The van der Waals surface area contributed by atoms with Gasteiger partial charge in [0.05, 0.1) is 29.0 Å². The molecule has 1 atom stereocenters. The summed E-state index contributed by atoms with van der Waals surface area (Å²) in [6, 6.07) is 1.47. The van der Waals surface area contributed by atoms with E-state index in [4.69, 9.17) is 22.1 Å². The molecule has 176 valence electrons. The average Bonchev–Trinajstić information content (AvgIpc) is 3.44. The second-order valence-electron chi connectivity index (χ2n) is 8.83. The van der Waals surface area contributed by atoms with Crippen molar-refractivity contribution in [1.29, 1.82) is 0 Å². The minimum Gasteiger partial charge on any atom is -0.490 e. The number of nitrogens with zero attached hydrogens (tertiary/aromatic N) is 3. The van der Waals surface area contributed by atoms with Gasteiger partial charge in [-0.15, -0.1) is 0 Å². The SMILES string of the molecule is Cc1nc([C@H](C)c2cc(Cl)c(F)c(C(=O)NC3(CO)CC3)c2OC(C)C)n2ccnc(N)c12. The maximum atomic E-state index is 15.2. The summed E-state index contributed by atoms with van der Waals surface area (Å²) in [6.07, 6.45) is 4.23. The fourth-order valence-electron chi connectivity index (χ4n) is 4.01. The zero-order valence-electron chi connectivity index (χ0n) is 18.9. The fraction of sp³-hybridized carbons (Fsp3) is 0.435. The molecular formula is C23H27ClFN5O3. The third kappa shape index (κ3) is 4.11. The van der Waals surface area contributed by atoms with E-state index in [0.29, 0.717) is 41.3 Å². The molecular weight excluding hydrogens is 449 g/mol. The van der Waals surface area contributed by atoms with Crippen LogP contribution in [0.15, 0.2) is 18.5 Å². The normalized spacial score (nSPS) is 15.6. The maximum absolute atomic E-state index is 15.2. The summed E-state index contributed by atoms with van der Waals surface area (Å²) in [5.74, 6) is -0.916. The molecule has 4 rings (SSSR count). The molecule has 1 aliphatic carbocycles. The van der Waals surface area contributed by atoms with Gasteiger partial charge < -0.3 is 20.9 Å². The molecule has 1 aliphatic rings. The predicted molar refractivity (Wildman–Crippen MR) is 123 cm³/mol. The summed E-state index contributed by atoms with van der Waals surface area (Å²) >= 11 is 6.26. The van der Waals surface area contributed by atoms with Crippen molar-refractivity contribution < 1.29 is 19.0 Å². The molecule has 33 heavy (non-hydrogen) atoms. The number of aliphatic hydroxyl groups is 1. The molecule has 8 nitrogen and oxygen atoms in total. The number of imidazole rings is 1. The summed E-state index contributed by atoms with van der Waals surface area (Å²) in [5.41, 5.74) is 6.92. The zero-order chi connectivity index (χ0) is 24.1.